The summed E-state index contributed by atoms with van der Waals surface area (Å²) in [5, 5.41) is 13.8. The number of nitrogens with one attached hydrogen (secondary N) is 1. The van der Waals surface area contributed by atoms with Gasteiger partial charge in [-0.1, -0.05) is 0 Å². The quantitative estimate of drug-likeness (QED) is 0.289. The highest BCUT2D eigenvalue weighted by molar-refractivity contribution is 6.00. The first-order valence-corrected chi connectivity index (χ1v) is 12.5. The number of aliphatic hydroxyl groups is 1. The van der Waals surface area contributed by atoms with Gasteiger partial charge in [0.25, 0.3) is 5.91 Å². The molecular formula is C29H24F5N3O4. The van der Waals surface area contributed by atoms with Gasteiger partial charge >= 0.3 is 6.18 Å². The molecule has 0 bridgehead atoms. The fourth-order valence-electron chi connectivity index (χ4n) is 4.68. The first kappa shape index (κ1) is 28.2. The Morgan fingerprint density at radius 3 is 2.56 bits per heavy atom. The molecule has 0 spiro atoms. The van der Waals surface area contributed by atoms with Crippen LogP contribution in [-0.2, 0) is 5.60 Å². The molecule has 12 heteroatoms. The first-order valence-electron chi connectivity index (χ1n) is 12.5. The van der Waals surface area contributed by atoms with Gasteiger partial charge in [0.15, 0.2) is 0 Å². The van der Waals surface area contributed by atoms with Crippen LogP contribution in [0.4, 0.5) is 22.0 Å². The average Bonchev–Trinajstić information content (AvgIpc) is 3.37. The standard InChI is InChI=1S/C29H24F5N3O4/c1-15-7-17-8-18(9-22(40-2)24(17)35-12-15)27(38)36-14-28(39,29(32,33)34)23-10-21-19(11-30)13-41-26(21)25(37-23)16-3-5-20(31)6-4-16/h3-10,12,19,39H,11,13-14H2,1-2H3,(H,36,38)/t19-,28+/m1/s1. The van der Waals surface area contributed by atoms with E-state index in [1.54, 1.807) is 19.2 Å². The number of ether oxygens (including phenoxy) is 2. The highest BCUT2D eigenvalue weighted by atomic mass is 19.4. The molecule has 0 saturated carbocycles. The normalized spacial score (nSPS) is 16.1. The molecule has 0 radical (unpaired) electrons. The zero-order valence-electron chi connectivity index (χ0n) is 21.9. The topological polar surface area (TPSA) is 93.6 Å². The molecule has 0 saturated heterocycles. The molecule has 5 rings (SSSR count). The maximum atomic E-state index is 14.5. The van der Waals surface area contributed by atoms with Crippen molar-refractivity contribution in [1.29, 1.82) is 0 Å². The third-order valence-corrected chi connectivity index (χ3v) is 6.94. The van der Waals surface area contributed by atoms with Gasteiger partial charge in [0, 0.05) is 28.3 Å². The number of aromatic nitrogens is 2. The molecule has 0 unspecified atom stereocenters. The Morgan fingerprint density at radius 2 is 1.90 bits per heavy atom. The Balaban J connectivity index is 1.54. The average molecular weight is 574 g/mol. The summed E-state index contributed by atoms with van der Waals surface area (Å²) in [6, 6.07) is 10.2. The summed E-state index contributed by atoms with van der Waals surface area (Å²) in [6.45, 7) is -0.599. The minimum absolute atomic E-state index is 0.0221. The van der Waals surface area contributed by atoms with Crippen molar-refractivity contribution in [1.82, 2.24) is 15.3 Å². The number of hydrogen-bond donors (Lipinski definition) is 2. The van der Waals surface area contributed by atoms with E-state index in [-0.39, 0.29) is 40.5 Å². The molecule has 2 N–H and O–H groups in total. The summed E-state index contributed by atoms with van der Waals surface area (Å²) in [4.78, 5) is 21.4. The lowest BCUT2D eigenvalue weighted by Gasteiger charge is -2.31. The Labute approximate surface area is 231 Å². The Kier molecular flexibility index (Phi) is 7.28. The van der Waals surface area contributed by atoms with E-state index in [2.05, 4.69) is 15.3 Å². The molecule has 2 aromatic heterocycles. The first-order chi connectivity index (χ1) is 19.4. The van der Waals surface area contributed by atoms with Gasteiger partial charge in [-0.15, -0.1) is 0 Å². The Hall–Kier alpha value is -4.32. The van der Waals surface area contributed by atoms with Gasteiger partial charge in [0.1, 0.15) is 28.5 Å². The fourth-order valence-corrected chi connectivity index (χ4v) is 4.68. The van der Waals surface area contributed by atoms with Crippen LogP contribution in [-0.4, -0.2) is 54.1 Å². The summed E-state index contributed by atoms with van der Waals surface area (Å²) < 4.78 is 81.7. The molecule has 7 nitrogen and oxygen atoms in total. The molecule has 214 valence electrons. The smallest absolute Gasteiger partial charge is 0.424 e. The monoisotopic (exact) mass is 573 g/mol. The van der Waals surface area contributed by atoms with E-state index in [9.17, 15) is 31.9 Å². The van der Waals surface area contributed by atoms with Crippen molar-refractivity contribution in [3.05, 3.63) is 82.9 Å². The van der Waals surface area contributed by atoms with E-state index >= 15 is 0 Å². The van der Waals surface area contributed by atoms with Crippen molar-refractivity contribution < 1.29 is 41.3 Å². The molecular weight excluding hydrogens is 549 g/mol. The molecule has 41 heavy (non-hydrogen) atoms. The maximum Gasteiger partial charge on any atom is 0.424 e. The lowest BCUT2D eigenvalue weighted by atomic mass is 9.92. The van der Waals surface area contributed by atoms with Crippen molar-refractivity contribution in [3.8, 4) is 22.8 Å². The number of halogens is 5. The number of alkyl halides is 4. The van der Waals surface area contributed by atoms with Crippen molar-refractivity contribution in [2.24, 2.45) is 0 Å². The van der Waals surface area contributed by atoms with E-state index in [1.165, 1.54) is 31.4 Å². The molecule has 1 aliphatic heterocycles. The maximum absolute atomic E-state index is 14.5. The van der Waals surface area contributed by atoms with Gasteiger partial charge < -0.3 is 19.9 Å². The summed E-state index contributed by atoms with van der Waals surface area (Å²) in [5.74, 6) is -2.13. The predicted molar refractivity (Wildman–Crippen MR) is 139 cm³/mol. The van der Waals surface area contributed by atoms with E-state index in [0.717, 1.165) is 23.8 Å². The predicted octanol–water partition coefficient (Wildman–Crippen LogP) is 5.38. The third-order valence-electron chi connectivity index (χ3n) is 6.94. The number of hydrogen-bond acceptors (Lipinski definition) is 6. The van der Waals surface area contributed by atoms with Gasteiger partial charge in [-0.2, -0.15) is 13.2 Å². The molecule has 4 aromatic rings. The number of pyridine rings is 2. The van der Waals surface area contributed by atoms with Crippen LogP contribution < -0.4 is 14.8 Å². The lowest BCUT2D eigenvalue weighted by Crippen LogP contribution is -2.51. The minimum atomic E-state index is -5.31. The van der Waals surface area contributed by atoms with E-state index < -0.39 is 48.3 Å². The summed E-state index contributed by atoms with van der Waals surface area (Å²) >= 11 is 0. The van der Waals surface area contributed by atoms with Gasteiger partial charge in [-0.3, -0.25) is 14.2 Å². The number of rotatable bonds is 7. The van der Waals surface area contributed by atoms with Gasteiger partial charge in [0.2, 0.25) is 5.60 Å². The molecule has 2 atom stereocenters. The minimum Gasteiger partial charge on any atom is -0.494 e. The molecule has 1 amide bonds. The van der Waals surface area contributed by atoms with Crippen LogP contribution in [0.3, 0.4) is 0 Å². The van der Waals surface area contributed by atoms with Crippen LogP contribution in [0.1, 0.15) is 33.1 Å². The highest BCUT2D eigenvalue weighted by Gasteiger charge is 2.57. The number of methoxy groups -OCH3 is 1. The van der Waals surface area contributed by atoms with Crippen molar-refractivity contribution in [2.75, 3.05) is 26.9 Å². The largest absolute Gasteiger partial charge is 0.494 e. The Bertz CT molecular complexity index is 1630. The number of amides is 1. The second-order valence-corrected chi connectivity index (χ2v) is 9.75. The second-order valence-electron chi connectivity index (χ2n) is 9.75. The molecule has 3 heterocycles. The van der Waals surface area contributed by atoms with Crippen LogP contribution in [0.15, 0.2) is 54.7 Å². The third kappa shape index (κ3) is 5.15. The van der Waals surface area contributed by atoms with Crippen LogP contribution in [0.25, 0.3) is 22.2 Å². The number of nitrogens with zero attached hydrogens (tertiary/aromatic N) is 2. The Morgan fingerprint density at radius 1 is 1.17 bits per heavy atom. The fraction of sp³-hybridized carbons (Fsp3) is 0.276. The number of fused-ring (bicyclic) bond motifs is 2. The number of carbonyl (C=O) groups is 1. The summed E-state index contributed by atoms with van der Waals surface area (Å²) in [5.41, 5.74) is -3.16. The molecule has 0 aliphatic carbocycles. The van der Waals surface area contributed by atoms with Crippen LogP contribution in [0, 0.1) is 12.7 Å². The number of aryl methyl sites for hydroxylation is 1. The van der Waals surface area contributed by atoms with Crippen LogP contribution in [0.2, 0.25) is 0 Å². The van der Waals surface area contributed by atoms with E-state index in [1.807, 2.05) is 0 Å². The lowest BCUT2D eigenvalue weighted by molar-refractivity contribution is -0.265. The van der Waals surface area contributed by atoms with Crippen molar-refractivity contribution in [3.63, 3.8) is 0 Å². The second kappa shape index (κ2) is 10.6. The number of benzene rings is 2. The molecule has 1 aliphatic rings. The summed E-state index contributed by atoms with van der Waals surface area (Å²) in [6.07, 6.45) is -3.70. The van der Waals surface area contributed by atoms with Gasteiger partial charge in [0.05, 0.1) is 38.5 Å². The molecule has 2 aromatic carbocycles. The van der Waals surface area contributed by atoms with Crippen LogP contribution >= 0.6 is 0 Å². The van der Waals surface area contributed by atoms with Gasteiger partial charge in [-0.25, -0.2) is 9.37 Å². The van der Waals surface area contributed by atoms with Crippen molar-refractivity contribution in [2.45, 2.75) is 24.6 Å². The SMILES string of the molecule is COc1cc(C(=O)NC[C@](O)(c2cc3c(c(-c4ccc(F)cc4)n2)OC[C@H]3CF)C(F)(F)F)cc2cc(C)cnc12. The van der Waals surface area contributed by atoms with Crippen LogP contribution in [0.5, 0.6) is 11.5 Å². The number of carbonyl (C=O) groups excluding carboxylic acids is 1. The highest BCUT2D eigenvalue weighted by Crippen LogP contribution is 2.46. The molecule has 0 fully saturated rings. The van der Waals surface area contributed by atoms with E-state index in [4.69, 9.17) is 9.47 Å². The van der Waals surface area contributed by atoms with Crippen molar-refractivity contribution >= 4 is 16.8 Å². The summed E-state index contributed by atoms with van der Waals surface area (Å²) in [7, 11) is 1.37. The van der Waals surface area contributed by atoms with Gasteiger partial charge in [-0.05, 0) is 61.0 Å². The zero-order chi connectivity index (χ0) is 29.5. The zero-order valence-corrected chi connectivity index (χ0v) is 21.9. The van der Waals surface area contributed by atoms with E-state index in [0.29, 0.717) is 10.9 Å².